The number of carbonyl (C=O) groups excluding carboxylic acids is 2. The van der Waals surface area contributed by atoms with Crippen molar-refractivity contribution in [1.29, 1.82) is 0 Å². The number of aliphatic hydroxyl groups is 2. The standard InChI is InChI=1S/C23H36O2.C22H36O3.C22H34O3.C22H34O2.C19H28O2/c1-15-5-8-21(3)18-6-9-22(4)19(7-10-23(22)24-11-12-25-23)17(18)14-16(2)20(21)13-15;2*1-14-4-7-20(2)16-5-8-21(3)17(6-9-22(21)24-10-11-25-22)15(16)13-19(23)18(20)12-14;1-15-6-9-20(2)16(14-15)4-5-17-18(20)7-10-21(3)19(17)8-11-22(21)23-12-13-24-22;1-18-9-7-13(20)11-12(18)3-4-14-15-5-6-17(21)19(15,2)10-8-16(14)18/h15,17-20H,2,5-14H2,1,3-4H3;14-19,23H,4-13H2,1-3H3;14-18H,4-13H2,1-3H3;4,15,17-19H,5-14H2,1-3H3;3,13-16,20H,4-11H2,1-2H3/t15-,17+,18-,19-,20+,21+,22-;14-,15+,16-,17-,18+,19-,20+,21-;14-,15+,16-,17-,18+,20+,21-;15-,17+,18-,19-,20-,21-;13-,14-,15-,16-,18-,19-/m00000/s1. The number of aliphatic hydroxyl groups excluding tert-OH is 2. The molecule has 4 aliphatic heterocycles. The van der Waals surface area contributed by atoms with Crippen molar-refractivity contribution in [3.63, 3.8) is 0 Å². The lowest BCUT2D eigenvalue weighted by Crippen LogP contribution is -2.59. The van der Waals surface area contributed by atoms with Gasteiger partial charge < -0.3 is 48.1 Å². The fourth-order valence-corrected chi connectivity index (χ4v) is 39.0. The first-order valence-corrected chi connectivity index (χ1v) is 51.7. The summed E-state index contributed by atoms with van der Waals surface area (Å²) in [5.41, 5.74) is 7.51. The molecule has 12 heteroatoms. The fourth-order valence-electron chi connectivity index (χ4n) is 39.0. The van der Waals surface area contributed by atoms with E-state index in [1.807, 2.05) is 5.57 Å². The van der Waals surface area contributed by atoms with E-state index in [0.717, 1.165) is 226 Å². The number of hydrogen-bond acceptors (Lipinski definition) is 12. The molecule has 20 aliphatic carbocycles. The molecule has 0 amide bonds. The molecule has 0 aromatic carbocycles. The normalized spacial score (nSPS) is 54.2. The Bertz CT molecular complexity index is 3810. The van der Waals surface area contributed by atoms with Crippen molar-refractivity contribution in [2.45, 2.75) is 389 Å². The lowest BCUT2D eigenvalue weighted by Gasteiger charge is -2.62. The number of carbonyl (C=O) groups is 2. The summed E-state index contributed by atoms with van der Waals surface area (Å²) in [4.78, 5) is 25.5. The Hall–Kier alpha value is -1.84. The van der Waals surface area contributed by atoms with Gasteiger partial charge in [0.05, 0.1) is 65.1 Å². The molecule has 0 radical (unpaired) electrons. The van der Waals surface area contributed by atoms with Crippen LogP contribution in [0.2, 0.25) is 0 Å². The highest BCUT2D eigenvalue weighted by atomic mass is 16.8. The smallest absolute Gasteiger partial charge is 0.174 e. The van der Waals surface area contributed by atoms with Crippen LogP contribution in [0.25, 0.3) is 0 Å². The van der Waals surface area contributed by atoms with Gasteiger partial charge in [-0.2, -0.15) is 0 Å². The molecule has 18 saturated carbocycles. The van der Waals surface area contributed by atoms with Gasteiger partial charge in [-0.3, -0.25) is 9.59 Å². The van der Waals surface area contributed by atoms with Gasteiger partial charge in [-0.15, -0.1) is 0 Å². The summed E-state index contributed by atoms with van der Waals surface area (Å²) < 4.78 is 50.0. The fraction of sp³-hybridized carbons (Fsp3) is 0.926. The van der Waals surface area contributed by atoms with E-state index in [2.05, 4.69) is 116 Å². The van der Waals surface area contributed by atoms with E-state index in [1.54, 1.807) is 5.57 Å². The van der Waals surface area contributed by atoms with Crippen molar-refractivity contribution in [2.24, 2.45) is 184 Å². The first-order valence-electron chi connectivity index (χ1n) is 51.7. The van der Waals surface area contributed by atoms with E-state index in [-0.39, 0.29) is 67.8 Å². The Morgan fingerprint density at radius 2 is 0.675 bits per heavy atom. The summed E-state index contributed by atoms with van der Waals surface area (Å²) in [6.45, 7) is 45.2. The predicted octanol–water partition coefficient (Wildman–Crippen LogP) is 23.7. The van der Waals surface area contributed by atoms with Gasteiger partial charge in [0.2, 0.25) is 0 Å². The monoisotopic (exact) mass is 1660 g/mol. The summed E-state index contributed by atoms with van der Waals surface area (Å²) in [7, 11) is 0. The lowest BCUT2D eigenvalue weighted by molar-refractivity contribution is -0.252. The largest absolute Gasteiger partial charge is 0.393 e. The van der Waals surface area contributed by atoms with E-state index >= 15 is 0 Å². The third-order valence-electron chi connectivity index (χ3n) is 45.9. The van der Waals surface area contributed by atoms with Gasteiger partial charge in [0.25, 0.3) is 0 Å². The van der Waals surface area contributed by atoms with Crippen molar-refractivity contribution in [3.8, 4) is 0 Å². The van der Waals surface area contributed by atoms with Crippen LogP contribution in [0.1, 0.15) is 354 Å². The number of ketones is 2. The molecule has 120 heavy (non-hydrogen) atoms. The number of ether oxygens (including phenoxy) is 8. The van der Waals surface area contributed by atoms with E-state index in [4.69, 9.17) is 37.9 Å². The van der Waals surface area contributed by atoms with Crippen LogP contribution in [0, 0.1) is 184 Å². The Morgan fingerprint density at radius 3 is 1.18 bits per heavy atom. The number of allylic oxidation sites excluding steroid dienone is 4. The average Bonchev–Trinajstić information content (AvgIpc) is 1.44. The Morgan fingerprint density at radius 1 is 0.317 bits per heavy atom. The summed E-state index contributed by atoms with van der Waals surface area (Å²) in [5, 5.41) is 21.1. The van der Waals surface area contributed by atoms with Gasteiger partial charge >= 0.3 is 0 Å². The van der Waals surface area contributed by atoms with Crippen LogP contribution >= 0.6 is 0 Å². The highest BCUT2D eigenvalue weighted by molar-refractivity contribution is 5.87. The van der Waals surface area contributed by atoms with Gasteiger partial charge in [0.1, 0.15) is 11.6 Å². The molecular weight excluding hydrogens is 1490 g/mol. The molecule has 0 unspecified atom stereocenters. The van der Waals surface area contributed by atoms with Crippen LogP contribution in [0.15, 0.2) is 35.5 Å². The molecule has 0 aromatic heterocycles. The molecule has 4 spiro atoms. The van der Waals surface area contributed by atoms with Gasteiger partial charge in [0.15, 0.2) is 23.1 Å². The predicted molar refractivity (Wildman–Crippen MR) is 471 cm³/mol. The van der Waals surface area contributed by atoms with Crippen molar-refractivity contribution in [2.75, 3.05) is 52.9 Å². The third-order valence-corrected chi connectivity index (χ3v) is 45.9. The molecule has 22 fully saturated rings. The lowest BCUT2D eigenvalue weighted by atomic mass is 9.43. The van der Waals surface area contributed by atoms with Gasteiger partial charge in [-0.1, -0.05) is 152 Å². The molecule has 12 nitrogen and oxygen atoms in total. The van der Waals surface area contributed by atoms with Gasteiger partial charge in [0, 0.05) is 71.5 Å². The first-order chi connectivity index (χ1) is 57.1. The van der Waals surface area contributed by atoms with Crippen LogP contribution < -0.4 is 0 Å². The van der Waals surface area contributed by atoms with Crippen LogP contribution in [-0.2, 0) is 47.5 Å². The van der Waals surface area contributed by atoms with Crippen LogP contribution in [-0.4, -0.2) is 110 Å². The Labute approximate surface area is 726 Å². The minimum absolute atomic E-state index is 0.0168. The van der Waals surface area contributed by atoms with E-state index < -0.39 is 0 Å². The molecule has 24 aliphatic rings. The zero-order valence-corrected chi connectivity index (χ0v) is 78.1. The molecule has 24 rings (SSSR count). The van der Waals surface area contributed by atoms with Crippen molar-refractivity contribution < 1.29 is 57.7 Å². The number of Topliss-reactive ketones (excluding diaryl/α,β-unsaturated/α-hetero) is 2. The second-order valence-electron chi connectivity index (χ2n) is 50.3. The minimum atomic E-state index is -0.343. The summed E-state index contributed by atoms with van der Waals surface area (Å²) in [6.07, 6.45) is 53.5. The van der Waals surface area contributed by atoms with Crippen molar-refractivity contribution in [1.82, 2.24) is 0 Å². The highest BCUT2D eigenvalue weighted by Gasteiger charge is 2.74. The van der Waals surface area contributed by atoms with E-state index in [0.29, 0.717) is 80.6 Å². The molecule has 0 aromatic rings. The minimum Gasteiger partial charge on any atom is -0.393 e. The van der Waals surface area contributed by atoms with Crippen molar-refractivity contribution in [3.05, 3.63) is 35.5 Å². The number of hydrogen-bond donors (Lipinski definition) is 2. The van der Waals surface area contributed by atoms with Crippen LogP contribution in [0.3, 0.4) is 0 Å². The molecule has 4 heterocycles. The maximum absolute atomic E-state index is 13.2. The topological polar surface area (TPSA) is 148 Å². The quantitative estimate of drug-likeness (QED) is 0.222. The summed E-state index contributed by atoms with van der Waals surface area (Å²) in [6, 6.07) is 0. The van der Waals surface area contributed by atoms with Gasteiger partial charge in [-0.05, 0) is 350 Å². The van der Waals surface area contributed by atoms with E-state index in [1.165, 1.54) is 173 Å². The molecule has 0 bridgehead atoms. The second-order valence-corrected chi connectivity index (χ2v) is 50.3. The highest BCUT2D eigenvalue weighted by Crippen LogP contribution is 2.76. The van der Waals surface area contributed by atoms with Crippen LogP contribution in [0.5, 0.6) is 0 Å². The number of fused-ring (bicyclic) bond motifs is 29. The number of rotatable bonds is 0. The van der Waals surface area contributed by atoms with E-state index in [9.17, 15) is 19.8 Å². The first kappa shape index (κ1) is 86.2. The summed E-state index contributed by atoms with van der Waals surface area (Å²) >= 11 is 0. The molecular formula is C108H168O12. The Balaban J connectivity index is 0.0000000960. The zero-order valence-electron chi connectivity index (χ0n) is 78.1. The Kier molecular flexibility index (Phi) is 22.0. The zero-order chi connectivity index (χ0) is 83.8. The van der Waals surface area contributed by atoms with Gasteiger partial charge in [-0.25, -0.2) is 0 Å². The molecule has 672 valence electrons. The molecule has 2 N–H and O–H groups in total. The molecule has 4 saturated heterocycles. The molecule has 34 atom stereocenters. The second kappa shape index (κ2) is 30.6. The SMILES string of the molecule is C=C1C[C@@H]2[C@H](CC[C@@]3(C)[C@H]2CCC32OCCO2)[C@@]2(C)CC[C@H](C)C[C@H]12.C[C@H]1CC[C@@]2(C)C(=CC[C@@H]3[C@@H]2CC[C@@]2(C)[C@H]3CCC23OCCO3)C1.C[C@H]1CC[C@@]2(C)[C@H](C1)C(=O)C[C@@H]1[C@@H]2CC[C@@]2(C)[C@H]1CCC21OCCO1.C[C@H]1CC[C@@]2(C)[C@H](C1)[C@@H](O)C[C@@H]1[C@@H]2CC[C@@]2(C)[C@H]1CCC21OCCO1.C[C@]12CC[C@H](O)CC1=CC[C@@H]1[C@@H]2CC[C@]2(C)C(=O)CC[C@@H]12. The maximum atomic E-state index is 13.2. The third kappa shape index (κ3) is 12.6. The summed E-state index contributed by atoms with van der Waals surface area (Å²) in [5.74, 6) is 16.0. The maximum Gasteiger partial charge on any atom is 0.174 e. The average molecular weight is 1660 g/mol. The van der Waals surface area contributed by atoms with Crippen LogP contribution in [0.4, 0.5) is 0 Å². The van der Waals surface area contributed by atoms with Crippen molar-refractivity contribution >= 4 is 11.6 Å².